The summed E-state index contributed by atoms with van der Waals surface area (Å²) in [4.78, 5) is 24.6. The number of aromatic nitrogens is 3. The second kappa shape index (κ2) is 8.62. The van der Waals surface area contributed by atoms with E-state index in [1.165, 1.54) is 30.5 Å². The molecule has 0 unspecified atom stereocenters. The average Bonchev–Trinajstić information content (AvgIpc) is 2.68. The largest absolute Gasteiger partial charge is 0.347 e. The Morgan fingerprint density at radius 2 is 1.90 bits per heavy atom. The molecule has 1 saturated heterocycles. The van der Waals surface area contributed by atoms with Gasteiger partial charge in [0.15, 0.2) is 0 Å². The van der Waals surface area contributed by atoms with Crippen LogP contribution in [0.2, 0.25) is 0 Å². The van der Waals surface area contributed by atoms with E-state index in [-0.39, 0.29) is 30.4 Å². The van der Waals surface area contributed by atoms with Gasteiger partial charge in [-0.3, -0.25) is 4.79 Å². The highest BCUT2D eigenvalue weighted by Gasteiger charge is 2.31. The molecule has 29 heavy (non-hydrogen) atoms. The summed E-state index contributed by atoms with van der Waals surface area (Å²) in [6, 6.07) is 4.03. The van der Waals surface area contributed by atoms with Gasteiger partial charge in [-0.2, -0.15) is 0 Å². The van der Waals surface area contributed by atoms with E-state index in [1.54, 1.807) is 6.07 Å². The summed E-state index contributed by atoms with van der Waals surface area (Å²) in [5, 5.41) is 3.53. The number of fused-ring (bicyclic) bond motifs is 5. The third-order valence-corrected chi connectivity index (χ3v) is 6.31. The van der Waals surface area contributed by atoms with Gasteiger partial charge in [0.1, 0.15) is 0 Å². The van der Waals surface area contributed by atoms with E-state index in [0.717, 1.165) is 55.4 Å². The average molecular weight is 438 g/mol. The van der Waals surface area contributed by atoms with Crippen LogP contribution in [0.25, 0.3) is 11.3 Å². The first-order valence-electron chi connectivity index (χ1n) is 10.1. The zero-order valence-electron chi connectivity index (χ0n) is 17.0. The second-order valence-corrected chi connectivity index (χ2v) is 8.47. The Labute approximate surface area is 183 Å². The van der Waals surface area contributed by atoms with Crippen LogP contribution in [-0.4, -0.2) is 41.7 Å². The van der Waals surface area contributed by atoms with Gasteiger partial charge in [0.05, 0.1) is 5.69 Å². The molecule has 2 aromatic heterocycles. The number of rotatable bonds is 2. The predicted octanol–water partition coefficient (Wildman–Crippen LogP) is 2.80. The fourth-order valence-corrected chi connectivity index (χ4v) is 4.96. The summed E-state index contributed by atoms with van der Waals surface area (Å²) in [6.07, 6.45) is 5.54. The Hall–Kier alpha value is -1.63. The van der Waals surface area contributed by atoms with Crippen LogP contribution < -0.4 is 15.8 Å². The lowest BCUT2D eigenvalue weighted by Gasteiger charge is -2.37. The summed E-state index contributed by atoms with van der Waals surface area (Å²) in [6.45, 7) is 2.82. The lowest BCUT2D eigenvalue weighted by molar-refractivity contribution is 0.257. The van der Waals surface area contributed by atoms with Crippen LogP contribution >= 0.6 is 24.8 Å². The summed E-state index contributed by atoms with van der Waals surface area (Å²) >= 11 is 0. The maximum Gasteiger partial charge on any atom is 0.251 e. The molecule has 158 valence electrons. The Bertz CT molecular complexity index is 959. The second-order valence-electron chi connectivity index (χ2n) is 8.47. The van der Waals surface area contributed by atoms with E-state index < -0.39 is 0 Å². The number of aryl methyl sites for hydroxylation is 1. The van der Waals surface area contributed by atoms with Crippen molar-refractivity contribution in [2.45, 2.75) is 44.6 Å². The summed E-state index contributed by atoms with van der Waals surface area (Å²) in [5.41, 5.74) is 5.64. The van der Waals surface area contributed by atoms with Crippen molar-refractivity contribution in [1.29, 1.82) is 0 Å². The molecule has 1 fully saturated rings. The van der Waals surface area contributed by atoms with Gasteiger partial charge in [-0.25, -0.2) is 9.97 Å². The van der Waals surface area contributed by atoms with Gasteiger partial charge >= 0.3 is 0 Å². The molecular weight excluding hydrogens is 409 g/mol. The minimum Gasteiger partial charge on any atom is -0.347 e. The number of halogens is 2. The smallest absolute Gasteiger partial charge is 0.251 e. The van der Waals surface area contributed by atoms with E-state index in [0.29, 0.717) is 11.8 Å². The lowest BCUT2D eigenvalue weighted by Crippen LogP contribution is -2.44. The van der Waals surface area contributed by atoms with E-state index in [2.05, 4.69) is 11.4 Å². The summed E-state index contributed by atoms with van der Waals surface area (Å²) < 4.78 is 2.00. The molecular formula is C21H29Cl2N5O. The molecule has 0 aromatic carbocycles. The van der Waals surface area contributed by atoms with E-state index >= 15 is 0 Å². The van der Waals surface area contributed by atoms with Gasteiger partial charge in [-0.15, -0.1) is 24.8 Å². The van der Waals surface area contributed by atoms with E-state index in [4.69, 9.17) is 9.97 Å². The molecule has 1 N–H and O–H groups in total. The number of piperidine rings is 1. The monoisotopic (exact) mass is 437 g/mol. The van der Waals surface area contributed by atoms with Gasteiger partial charge in [0.2, 0.25) is 5.95 Å². The van der Waals surface area contributed by atoms with Crippen molar-refractivity contribution in [3.05, 3.63) is 39.4 Å². The van der Waals surface area contributed by atoms with Crippen LogP contribution in [0.4, 0.5) is 5.95 Å². The number of nitrogens with one attached hydrogen (secondary N) is 1. The zero-order chi connectivity index (χ0) is 18.5. The van der Waals surface area contributed by atoms with Crippen LogP contribution in [0.3, 0.4) is 0 Å². The quantitative estimate of drug-likeness (QED) is 0.782. The Kier molecular flexibility index (Phi) is 6.56. The highest BCUT2D eigenvalue weighted by molar-refractivity contribution is 5.85. The molecule has 4 heterocycles. The number of anilines is 1. The van der Waals surface area contributed by atoms with Gasteiger partial charge < -0.3 is 14.8 Å². The molecule has 2 bridgehead atoms. The molecule has 3 aliphatic rings. The zero-order valence-corrected chi connectivity index (χ0v) is 18.6. The molecule has 6 nitrogen and oxygen atoms in total. The molecule has 1 aliphatic carbocycles. The molecule has 2 aromatic rings. The summed E-state index contributed by atoms with van der Waals surface area (Å²) in [5.74, 6) is 1.74. The van der Waals surface area contributed by atoms with Crippen LogP contribution in [0.5, 0.6) is 0 Å². The Morgan fingerprint density at radius 1 is 1.10 bits per heavy atom. The van der Waals surface area contributed by atoms with Crippen molar-refractivity contribution in [2.24, 2.45) is 5.92 Å². The van der Waals surface area contributed by atoms with Crippen molar-refractivity contribution in [1.82, 2.24) is 19.9 Å². The van der Waals surface area contributed by atoms with Gasteiger partial charge in [-0.05, 0) is 50.6 Å². The maximum atomic E-state index is 13.0. The SMILES string of the molecule is CN(C)c1nc2c(c(-c3cc4n(c(=O)c3)C[C@@H]3CNC[C@H]4C3)n1)CCCC2.Cl.Cl. The first-order valence-corrected chi connectivity index (χ1v) is 10.1. The normalized spacial score (nSPS) is 21.9. The molecule has 8 heteroatoms. The van der Waals surface area contributed by atoms with Crippen molar-refractivity contribution in [3.8, 4) is 11.3 Å². The molecule has 0 spiro atoms. The minimum absolute atomic E-state index is 0. The molecule has 2 atom stereocenters. The van der Waals surface area contributed by atoms with Crippen molar-refractivity contribution in [2.75, 3.05) is 32.1 Å². The summed E-state index contributed by atoms with van der Waals surface area (Å²) in [7, 11) is 3.95. The molecule has 0 amide bonds. The Morgan fingerprint density at radius 3 is 2.69 bits per heavy atom. The van der Waals surface area contributed by atoms with Crippen LogP contribution in [0.1, 0.15) is 42.1 Å². The highest BCUT2D eigenvalue weighted by atomic mass is 35.5. The first-order chi connectivity index (χ1) is 13.1. The van der Waals surface area contributed by atoms with Gasteiger partial charge in [0.25, 0.3) is 5.56 Å². The molecule has 2 aliphatic heterocycles. The Balaban J connectivity index is 0.00000120. The molecule has 0 saturated carbocycles. The number of hydrogen-bond acceptors (Lipinski definition) is 5. The minimum atomic E-state index is 0. The number of hydrogen-bond donors (Lipinski definition) is 1. The number of nitrogens with zero attached hydrogens (tertiary/aromatic N) is 4. The van der Waals surface area contributed by atoms with E-state index in [9.17, 15) is 4.79 Å². The van der Waals surface area contributed by atoms with Gasteiger partial charge in [0, 0.05) is 61.7 Å². The van der Waals surface area contributed by atoms with Crippen molar-refractivity contribution >= 4 is 30.8 Å². The van der Waals surface area contributed by atoms with Gasteiger partial charge in [-0.1, -0.05) is 0 Å². The first kappa shape index (κ1) is 22.1. The standard InChI is InChI=1S/C21H27N5O.2ClH/c1-25(2)21-23-17-6-4-3-5-16(17)20(24-21)14-8-18-15-7-13(10-22-11-15)12-26(18)19(27)9-14;;/h8-9,13,15,22H,3-7,10-12H2,1-2H3;2*1H/t13-,15+;;/m0../s1. The topological polar surface area (TPSA) is 63.1 Å². The predicted molar refractivity (Wildman–Crippen MR) is 121 cm³/mol. The fourth-order valence-electron chi connectivity index (χ4n) is 4.96. The number of pyridine rings is 1. The molecule has 5 rings (SSSR count). The third-order valence-electron chi connectivity index (χ3n) is 6.31. The van der Waals surface area contributed by atoms with Crippen LogP contribution in [0.15, 0.2) is 16.9 Å². The fraction of sp³-hybridized carbons (Fsp3) is 0.571. The third kappa shape index (κ3) is 3.90. The molecule has 0 radical (unpaired) electrons. The maximum absolute atomic E-state index is 13.0. The van der Waals surface area contributed by atoms with Crippen LogP contribution in [0, 0.1) is 5.92 Å². The van der Waals surface area contributed by atoms with Crippen molar-refractivity contribution in [3.63, 3.8) is 0 Å². The highest BCUT2D eigenvalue weighted by Crippen LogP contribution is 2.35. The van der Waals surface area contributed by atoms with E-state index in [1.807, 2.05) is 23.6 Å². The van der Waals surface area contributed by atoms with Crippen molar-refractivity contribution < 1.29 is 0 Å². The lowest BCUT2D eigenvalue weighted by atomic mass is 9.83. The van der Waals surface area contributed by atoms with Crippen LogP contribution in [-0.2, 0) is 19.4 Å².